The Morgan fingerprint density at radius 2 is 2.07 bits per heavy atom. The second-order valence-electron chi connectivity index (χ2n) is 6.84. The van der Waals surface area contributed by atoms with Gasteiger partial charge in [0.1, 0.15) is 5.75 Å². The molecular weight excluding hydrogens is 400 g/mol. The van der Waals surface area contributed by atoms with Crippen molar-refractivity contribution in [2.75, 3.05) is 19.7 Å². The minimum Gasteiger partial charge on any atom is -0.482 e. The number of sulfonamides is 1. The van der Waals surface area contributed by atoms with Gasteiger partial charge in [-0.05, 0) is 56.7 Å². The third-order valence-corrected chi connectivity index (χ3v) is 6.30. The highest BCUT2D eigenvalue weighted by molar-refractivity contribution is 7.89. The lowest BCUT2D eigenvalue weighted by atomic mass is 9.97. The zero-order valence-corrected chi connectivity index (χ0v) is 17.9. The predicted molar refractivity (Wildman–Crippen MR) is 111 cm³/mol. The number of hydrogen-bond acceptors (Lipinski definition) is 4. The van der Waals surface area contributed by atoms with E-state index in [0.29, 0.717) is 13.1 Å². The highest BCUT2D eigenvalue weighted by atomic mass is 35.5. The number of carbonyl (C=O) groups excluding carboxylic acids is 1. The maximum atomic E-state index is 12.2. The number of amides is 1. The van der Waals surface area contributed by atoms with Crippen LogP contribution in [0.4, 0.5) is 0 Å². The zero-order valence-electron chi connectivity index (χ0n) is 16.3. The first-order valence-corrected chi connectivity index (χ1v) is 11.6. The fraction of sp³-hybridized carbons (Fsp3) is 0.550. The average Bonchev–Trinajstić information content (AvgIpc) is 2.68. The van der Waals surface area contributed by atoms with Crippen LogP contribution in [0.3, 0.4) is 0 Å². The van der Waals surface area contributed by atoms with E-state index in [9.17, 15) is 13.2 Å². The lowest BCUT2D eigenvalue weighted by molar-refractivity contribution is -0.123. The number of halogens is 1. The molecule has 156 valence electrons. The van der Waals surface area contributed by atoms with Crippen LogP contribution in [0.2, 0.25) is 5.02 Å². The van der Waals surface area contributed by atoms with Gasteiger partial charge in [-0.3, -0.25) is 4.79 Å². The van der Waals surface area contributed by atoms with Crippen LogP contribution in [0, 0.1) is 0 Å². The molecule has 0 saturated carbocycles. The Bertz CT molecular complexity index is 793. The van der Waals surface area contributed by atoms with E-state index in [2.05, 4.69) is 16.1 Å². The van der Waals surface area contributed by atoms with E-state index in [-0.39, 0.29) is 28.2 Å². The second-order valence-corrected chi connectivity index (χ2v) is 9.01. The first-order valence-electron chi connectivity index (χ1n) is 9.79. The van der Waals surface area contributed by atoms with Crippen molar-refractivity contribution in [2.45, 2.75) is 56.8 Å². The molecule has 2 rings (SSSR count). The minimum atomic E-state index is -3.60. The van der Waals surface area contributed by atoms with Crippen molar-refractivity contribution in [1.82, 2.24) is 10.0 Å². The van der Waals surface area contributed by atoms with Gasteiger partial charge in [-0.1, -0.05) is 36.6 Å². The average molecular weight is 429 g/mol. The molecule has 0 saturated heterocycles. The van der Waals surface area contributed by atoms with Crippen LogP contribution in [-0.2, 0) is 14.8 Å². The lowest BCUT2D eigenvalue weighted by Gasteiger charge is -2.13. The molecule has 1 amide bonds. The van der Waals surface area contributed by atoms with Gasteiger partial charge in [0, 0.05) is 13.1 Å². The summed E-state index contributed by atoms with van der Waals surface area (Å²) < 4.78 is 32.4. The Morgan fingerprint density at radius 1 is 1.25 bits per heavy atom. The van der Waals surface area contributed by atoms with Crippen LogP contribution in [0.1, 0.15) is 51.9 Å². The highest BCUT2D eigenvalue weighted by Crippen LogP contribution is 2.27. The Hall–Kier alpha value is -1.57. The number of benzene rings is 1. The summed E-state index contributed by atoms with van der Waals surface area (Å²) in [6.45, 7) is 2.79. The molecule has 28 heavy (non-hydrogen) atoms. The summed E-state index contributed by atoms with van der Waals surface area (Å²) in [4.78, 5) is 12.0. The summed E-state index contributed by atoms with van der Waals surface area (Å²) in [5.74, 6) is 0.0460. The first-order chi connectivity index (χ1) is 13.4. The fourth-order valence-corrected chi connectivity index (χ4v) is 4.32. The van der Waals surface area contributed by atoms with Crippen LogP contribution < -0.4 is 14.8 Å². The molecule has 1 aromatic rings. The van der Waals surface area contributed by atoms with Crippen molar-refractivity contribution >= 4 is 27.5 Å². The second kappa shape index (κ2) is 11.4. The number of rotatable bonds is 11. The molecular formula is C20H29ClN2O4S. The summed E-state index contributed by atoms with van der Waals surface area (Å²) in [5, 5.41) is 2.98. The number of hydrogen-bond donors (Lipinski definition) is 2. The molecule has 0 fully saturated rings. The Kier molecular flexibility index (Phi) is 9.28. The van der Waals surface area contributed by atoms with E-state index in [1.165, 1.54) is 36.6 Å². The molecule has 0 radical (unpaired) electrons. The van der Waals surface area contributed by atoms with Gasteiger partial charge >= 0.3 is 0 Å². The maximum Gasteiger partial charge on any atom is 0.257 e. The van der Waals surface area contributed by atoms with Crippen LogP contribution in [-0.4, -0.2) is 34.0 Å². The molecule has 0 atom stereocenters. The van der Waals surface area contributed by atoms with Gasteiger partial charge in [-0.25, -0.2) is 13.1 Å². The summed E-state index contributed by atoms with van der Waals surface area (Å²) >= 11 is 6.13. The number of allylic oxidation sites excluding steroid dienone is 1. The molecule has 0 heterocycles. The Labute approximate surface area is 172 Å². The third kappa shape index (κ3) is 7.45. The molecule has 6 nitrogen and oxygen atoms in total. The SMILES string of the molecule is CCCCNS(=O)(=O)c1ccc(OCC(=O)NCCC2=CCCCC2)c(Cl)c1. The van der Waals surface area contributed by atoms with Crippen molar-refractivity contribution < 1.29 is 17.9 Å². The van der Waals surface area contributed by atoms with Crippen molar-refractivity contribution in [3.8, 4) is 5.75 Å². The monoisotopic (exact) mass is 428 g/mol. The Morgan fingerprint density at radius 3 is 2.75 bits per heavy atom. The number of carbonyl (C=O) groups is 1. The van der Waals surface area contributed by atoms with E-state index < -0.39 is 10.0 Å². The normalized spacial score (nSPS) is 14.4. The molecule has 0 aliphatic heterocycles. The molecule has 0 spiro atoms. The number of nitrogens with one attached hydrogen (secondary N) is 2. The maximum absolute atomic E-state index is 12.2. The number of unbranched alkanes of at least 4 members (excludes halogenated alkanes) is 1. The lowest BCUT2D eigenvalue weighted by Crippen LogP contribution is -2.30. The Balaban J connectivity index is 1.80. The molecule has 1 aliphatic rings. The fourth-order valence-electron chi connectivity index (χ4n) is 2.92. The summed E-state index contributed by atoms with van der Waals surface area (Å²) in [5.41, 5.74) is 1.40. The van der Waals surface area contributed by atoms with E-state index in [1.807, 2.05) is 6.92 Å². The van der Waals surface area contributed by atoms with E-state index in [4.69, 9.17) is 16.3 Å². The zero-order chi connectivity index (χ0) is 20.4. The predicted octanol–water partition coefficient (Wildman–Crippen LogP) is 3.80. The van der Waals surface area contributed by atoms with E-state index in [1.54, 1.807) is 0 Å². The highest BCUT2D eigenvalue weighted by Gasteiger charge is 2.16. The molecule has 8 heteroatoms. The van der Waals surface area contributed by atoms with E-state index >= 15 is 0 Å². The van der Waals surface area contributed by atoms with Gasteiger partial charge in [-0.15, -0.1) is 0 Å². The van der Waals surface area contributed by atoms with Gasteiger partial charge in [0.15, 0.2) is 6.61 Å². The largest absolute Gasteiger partial charge is 0.482 e. The van der Waals surface area contributed by atoms with Crippen LogP contribution in [0.15, 0.2) is 34.7 Å². The quantitative estimate of drug-likeness (QED) is 0.414. The van der Waals surface area contributed by atoms with Crippen molar-refractivity contribution in [3.63, 3.8) is 0 Å². The topological polar surface area (TPSA) is 84.5 Å². The smallest absolute Gasteiger partial charge is 0.257 e. The number of ether oxygens (including phenoxy) is 1. The molecule has 2 N–H and O–H groups in total. The summed E-state index contributed by atoms with van der Waals surface area (Å²) in [7, 11) is -3.60. The van der Waals surface area contributed by atoms with Gasteiger partial charge < -0.3 is 10.1 Å². The molecule has 0 aromatic heterocycles. The molecule has 1 aromatic carbocycles. The van der Waals surface area contributed by atoms with Gasteiger partial charge in [-0.2, -0.15) is 0 Å². The standard InChI is InChI=1S/C20H29ClN2O4S/c1-2-3-12-23-28(25,26)17-9-10-19(18(21)14-17)27-15-20(24)22-13-11-16-7-5-4-6-8-16/h7,9-10,14,23H,2-6,8,11-13,15H2,1H3,(H,22,24). The van der Waals surface area contributed by atoms with Crippen molar-refractivity contribution in [1.29, 1.82) is 0 Å². The van der Waals surface area contributed by atoms with Gasteiger partial charge in [0.2, 0.25) is 10.0 Å². The summed E-state index contributed by atoms with van der Waals surface area (Å²) in [6.07, 6.45) is 9.51. The molecule has 1 aliphatic carbocycles. The van der Waals surface area contributed by atoms with Crippen LogP contribution in [0.25, 0.3) is 0 Å². The van der Waals surface area contributed by atoms with Crippen LogP contribution in [0.5, 0.6) is 5.75 Å². The first kappa shape index (κ1) is 22.7. The summed E-state index contributed by atoms with van der Waals surface area (Å²) in [6, 6.07) is 4.22. The van der Waals surface area contributed by atoms with Gasteiger partial charge in [0.25, 0.3) is 5.91 Å². The van der Waals surface area contributed by atoms with Gasteiger partial charge in [0.05, 0.1) is 9.92 Å². The third-order valence-electron chi connectivity index (χ3n) is 4.55. The molecule has 0 unspecified atom stereocenters. The minimum absolute atomic E-state index is 0.0751. The molecule has 0 bridgehead atoms. The van der Waals surface area contributed by atoms with Crippen LogP contribution >= 0.6 is 11.6 Å². The van der Waals surface area contributed by atoms with Crippen molar-refractivity contribution in [3.05, 3.63) is 34.9 Å². The van der Waals surface area contributed by atoms with E-state index in [0.717, 1.165) is 32.1 Å². The van der Waals surface area contributed by atoms with Crippen molar-refractivity contribution in [2.24, 2.45) is 0 Å².